The van der Waals surface area contributed by atoms with Crippen LogP contribution in [-0.4, -0.2) is 9.52 Å². The molecule has 0 saturated heterocycles. The summed E-state index contributed by atoms with van der Waals surface area (Å²) in [5, 5.41) is 3.00. The molecule has 2 aliphatic carbocycles. The van der Waals surface area contributed by atoms with Crippen LogP contribution in [0.2, 0.25) is 0 Å². The van der Waals surface area contributed by atoms with Crippen molar-refractivity contribution in [2.24, 2.45) is 11.8 Å². The summed E-state index contributed by atoms with van der Waals surface area (Å²) in [6.45, 7) is 23.6. The Morgan fingerprint density at radius 3 is 1.39 bits per heavy atom. The molecule has 0 fully saturated rings. The predicted molar refractivity (Wildman–Crippen MR) is 291 cm³/mol. The Balaban J connectivity index is 1.43. The molecule has 0 N–H and O–H groups in total. The van der Waals surface area contributed by atoms with Gasteiger partial charge in [-0.1, -0.05) is 0 Å². The van der Waals surface area contributed by atoms with E-state index in [2.05, 4.69) is 197 Å². The number of allylic oxidation sites excluding steroid dienone is 2. The average molecular weight is 1010 g/mol. The van der Waals surface area contributed by atoms with Crippen LogP contribution in [0.15, 0.2) is 126 Å². The van der Waals surface area contributed by atoms with Gasteiger partial charge < -0.3 is 0 Å². The zero-order chi connectivity index (χ0) is 46.7. The third-order valence-corrected chi connectivity index (χ3v) is 38.8. The molecular formula is C62H71Cl2SiZr. The van der Waals surface area contributed by atoms with Crippen molar-refractivity contribution in [3.05, 3.63) is 171 Å². The molecule has 6 aromatic carbocycles. The van der Waals surface area contributed by atoms with Crippen molar-refractivity contribution in [2.45, 2.75) is 127 Å². The van der Waals surface area contributed by atoms with Crippen LogP contribution >= 0.6 is 17.0 Å². The minimum absolute atomic E-state index is 0.116. The van der Waals surface area contributed by atoms with E-state index >= 15 is 0 Å². The van der Waals surface area contributed by atoms with Gasteiger partial charge in [0.15, 0.2) is 0 Å². The molecule has 341 valence electrons. The molecule has 0 spiro atoms. The summed E-state index contributed by atoms with van der Waals surface area (Å²) in [6, 6.07) is 44.7. The second-order valence-corrected chi connectivity index (χ2v) is 43.2. The predicted octanol–water partition coefficient (Wildman–Crippen LogP) is 16.3. The van der Waals surface area contributed by atoms with Crippen LogP contribution < -0.4 is 13.6 Å². The Bertz CT molecular complexity index is 2750. The SMILES string of the molecule is CCCc1ccc2c(c1-c1ccccc1C(C)C)C=C(C(C)CC)[CH]2[Zr]([Cl])([Cl])([c]1cccc2c1[SiH2]c1ccccc1-2)[CH]1C(C(C)CC)=Cc2c1ccc(CCC)c2-c1ccccc1C(C)C. The quantitative estimate of drug-likeness (QED) is 0.0898. The van der Waals surface area contributed by atoms with Crippen LogP contribution in [0.1, 0.15) is 159 Å². The number of rotatable bonds is 15. The molecular weight excluding hydrogens is 935 g/mol. The minimum atomic E-state index is -5.82. The van der Waals surface area contributed by atoms with Crippen molar-refractivity contribution in [1.82, 2.24) is 0 Å². The van der Waals surface area contributed by atoms with Crippen molar-refractivity contribution in [3.63, 3.8) is 0 Å². The van der Waals surface area contributed by atoms with Crippen molar-refractivity contribution in [2.75, 3.05) is 0 Å². The summed E-state index contributed by atoms with van der Waals surface area (Å²) in [4.78, 5) is 0. The zero-order valence-corrected chi connectivity index (χ0v) is 46.7. The topological polar surface area (TPSA) is 0 Å². The van der Waals surface area contributed by atoms with Gasteiger partial charge in [-0.2, -0.15) is 0 Å². The van der Waals surface area contributed by atoms with Crippen molar-refractivity contribution >= 4 is 52.3 Å². The summed E-state index contributed by atoms with van der Waals surface area (Å²) >= 11 is -5.82. The van der Waals surface area contributed by atoms with Gasteiger partial charge in [0, 0.05) is 0 Å². The molecule has 0 bridgehead atoms. The van der Waals surface area contributed by atoms with Gasteiger partial charge in [0.05, 0.1) is 0 Å². The monoisotopic (exact) mass is 1000 g/mol. The molecule has 6 aromatic rings. The number of hydrogen-bond acceptors (Lipinski definition) is 0. The van der Waals surface area contributed by atoms with E-state index in [1.807, 2.05) is 0 Å². The number of hydrogen-bond donors (Lipinski definition) is 0. The third kappa shape index (κ3) is 7.63. The molecule has 3 aliphatic rings. The molecule has 0 aromatic heterocycles. The van der Waals surface area contributed by atoms with E-state index in [1.54, 1.807) is 0 Å². The van der Waals surface area contributed by atoms with E-state index in [9.17, 15) is 17.0 Å². The number of fused-ring (bicyclic) bond motifs is 5. The normalized spacial score (nSPS) is 18.1. The first-order chi connectivity index (χ1) is 31.8. The van der Waals surface area contributed by atoms with E-state index in [1.165, 1.54) is 103 Å². The number of benzene rings is 6. The van der Waals surface area contributed by atoms with Gasteiger partial charge in [-0.05, 0) is 0 Å². The Kier molecular flexibility index (Phi) is 13.5. The van der Waals surface area contributed by atoms with Crippen LogP contribution in [0, 0.1) is 11.8 Å². The van der Waals surface area contributed by atoms with Crippen LogP contribution in [0.25, 0.3) is 45.5 Å². The maximum absolute atomic E-state index is 9.68. The molecule has 4 unspecified atom stereocenters. The summed E-state index contributed by atoms with van der Waals surface area (Å²) < 4.78 is 1.09. The van der Waals surface area contributed by atoms with Crippen molar-refractivity contribution < 1.29 is 16.4 Å². The van der Waals surface area contributed by atoms with Gasteiger partial charge in [-0.15, -0.1) is 0 Å². The van der Waals surface area contributed by atoms with Gasteiger partial charge in [-0.3, -0.25) is 0 Å². The first-order valence-electron chi connectivity index (χ1n) is 25.5. The molecule has 0 saturated carbocycles. The van der Waals surface area contributed by atoms with Crippen molar-refractivity contribution in [1.29, 1.82) is 0 Å². The third-order valence-electron chi connectivity index (χ3n) is 16.2. The van der Waals surface area contributed by atoms with Gasteiger partial charge in [0.25, 0.3) is 0 Å². The number of halogens is 2. The van der Waals surface area contributed by atoms with Crippen molar-refractivity contribution in [3.8, 4) is 33.4 Å². The zero-order valence-electron chi connectivity index (χ0n) is 41.3. The van der Waals surface area contributed by atoms with E-state index in [0.29, 0.717) is 23.7 Å². The van der Waals surface area contributed by atoms with Crippen LogP contribution in [-0.2, 0) is 29.2 Å². The van der Waals surface area contributed by atoms with Gasteiger partial charge in [-0.25, -0.2) is 0 Å². The second-order valence-electron chi connectivity index (χ2n) is 20.8. The average Bonchev–Trinajstić information content (AvgIpc) is 4.04. The van der Waals surface area contributed by atoms with Crippen LogP contribution in [0.4, 0.5) is 0 Å². The fraction of sp³-hybridized carbons (Fsp3) is 0.355. The Labute approximate surface area is 408 Å². The molecule has 0 amide bonds. The Hall–Kier alpha value is -3.52. The molecule has 9 rings (SSSR count). The molecule has 0 radical (unpaired) electrons. The first kappa shape index (κ1) is 47.5. The summed E-state index contributed by atoms with van der Waals surface area (Å²) in [5.41, 5.74) is 22.2. The molecule has 1 heterocycles. The van der Waals surface area contributed by atoms with Gasteiger partial charge in [0.1, 0.15) is 0 Å². The van der Waals surface area contributed by atoms with E-state index in [-0.39, 0.29) is 7.25 Å². The standard InChI is InChI=1S/2C25H31.C12H9Si.2ClH.Zr/c2*1-6-10-19-13-14-20-15-21(18(5)7-2)16-24(20)25(19)23-12-9-8-11-22(23)17(3)4;1-3-7-11-9(5-1)10-6-2-4-8-12(10)13-11;;;/h2*8-9,11-18H,6-7,10H2,1-5H3;1-7H,13H2;2*1H;/q;;;;;+2/p-2. The molecule has 66 heavy (non-hydrogen) atoms. The Morgan fingerprint density at radius 2 is 0.939 bits per heavy atom. The Morgan fingerprint density at radius 1 is 0.500 bits per heavy atom. The van der Waals surface area contributed by atoms with Gasteiger partial charge >= 0.3 is 412 Å². The fourth-order valence-corrected chi connectivity index (χ4v) is 40.7. The number of aryl methyl sites for hydroxylation is 2. The van der Waals surface area contributed by atoms with Crippen LogP contribution in [0.5, 0.6) is 0 Å². The summed E-state index contributed by atoms with van der Waals surface area (Å²) in [7, 11) is 18.5. The van der Waals surface area contributed by atoms with Crippen LogP contribution in [0.3, 0.4) is 0 Å². The van der Waals surface area contributed by atoms with E-state index in [4.69, 9.17) is 0 Å². The molecule has 4 atom stereocenters. The molecule has 1 aliphatic heterocycles. The second kappa shape index (κ2) is 18.8. The molecule has 0 nitrogen and oxygen atoms in total. The maximum atomic E-state index is 9.68. The van der Waals surface area contributed by atoms with E-state index in [0.717, 1.165) is 38.5 Å². The fourth-order valence-electron chi connectivity index (χ4n) is 12.7. The summed E-state index contributed by atoms with van der Waals surface area (Å²) in [5.74, 6) is 1.35. The van der Waals surface area contributed by atoms with E-state index < -0.39 is 25.9 Å². The first-order valence-corrected chi connectivity index (χ1v) is 37.3. The summed E-state index contributed by atoms with van der Waals surface area (Å²) in [6.07, 6.45) is 11.5. The molecule has 4 heteroatoms. The van der Waals surface area contributed by atoms with Gasteiger partial charge in [0.2, 0.25) is 0 Å².